The Labute approximate surface area is 106 Å². The van der Waals surface area contributed by atoms with Gasteiger partial charge in [0.1, 0.15) is 5.82 Å². The summed E-state index contributed by atoms with van der Waals surface area (Å²) in [5, 5.41) is 3.04. The van der Waals surface area contributed by atoms with Crippen LogP contribution in [0, 0.1) is 0 Å². The van der Waals surface area contributed by atoms with Crippen molar-refractivity contribution in [1.29, 1.82) is 0 Å². The molecular weight excluding hydrogens is 228 g/mol. The fourth-order valence-electron chi connectivity index (χ4n) is 2.06. The van der Waals surface area contributed by atoms with Crippen LogP contribution in [-0.2, 0) is 0 Å². The lowest BCUT2D eigenvalue weighted by molar-refractivity contribution is 0.561. The number of aromatic amines is 1. The Balaban J connectivity index is 2.06. The maximum atomic E-state index is 11.6. The highest BCUT2D eigenvalue weighted by molar-refractivity contribution is 5.25. The zero-order chi connectivity index (χ0) is 13.0. The summed E-state index contributed by atoms with van der Waals surface area (Å²) in [6, 6.07) is 1.43. The molecular formula is C13H20N4O. The van der Waals surface area contributed by atoms with Gasteiger partial charge >= 0.3 is 0 Å². The first-order valence-corrected chi connectivity index (χ1v) is 6.66. The van der Waals surface area contributed by atoms with E-state index in [1.54, 1.807) is 0 Å². The predicted molar refractivity (Wildman–Crippen MR) is 70.8 cm³/mol. The van der Waals surface area contributed by atoms with E-state index < -0.39 is 0 Å². The number of aromatic nitrogens is 4. The molecule has 0 fully saturated rings. The monoisotopic (exact) mass is 248 g/mol. The first kappa shape index (κ1) is 12.8. The third-order valence-corrected chi connectivity index (χ3v) is 3.23. The Hall–Kier alpha value is -1.65. The molecule has 1 atom stereocenters. The van der Waals surface area contributed by atoms with E-state index in [0.29, 0.717) is 11.7 Å². The maximum Gasteiger partial charge on any atom is 0.273 e. The highest BCUT2D eigenvalue weighted by Gasteiger charge is 2.11. The van der Waals surface area contributed by atoms with Crippen molar-refractivity contribution < 1.29 is 0 Å². The number of rotatable bonds is 6. The van der Waals surface area contributed by atoms with Crippen LogP contribution in [0.25, 0.3) is 5.78 Å². The molecule has 2 rings (SSSR count). The van der Waals surface area contributed by atoms with Gasteiger partial charge in [0.15, 0.2) is 0 Å². The average molecular weight is 248 g/mol. The summed E-state index contributed by atoms with van der Waals surface area (Å²) >= 11 is 0. The van der Waals surface area contributed by atoms with E-state index >= 15 is 0 Å². The minimum Gasteiger partial charge on any atom is -0.275 e. The lowest BCUT2D eigenvalue weighted by atomic mass is 10.0. The van der Waals surface area contributed by atoms with Gasteiger partial charge in [-0.1, -0.05) is 39.5 Å². The molecule has 5 heteroatoms. The number of H-pyrrole nitrogens is 1. The molecule has 0 saturated heterocycles. The number of hydrogen-bond acceptors (Lipinski definition) is 3. The molecule has 0 amide bonds. The number of fused-ring (bicyclic) bond motifs is 1. The largest absolute Gasteiger partial charge is 0.275 e. The van der Waals surface area contributed by atoms with Gasteiger partial charge < -0.3 is 0 Å². The third-order valence-electron chi connectivity index (χ3n) is 3.23. The Bertz CT molecular complexity index is 557. The van der Waals surface area contributed by atoms with Crippen molar-refractivity contribution in [3.05, 3.63) is 28.4 Å². The average Bonchev–Trinajstić information content (AvgIpc) is 2.80. The SMILES string of the molecule is CCCCCCC(C)c1nc2nccc(=O)n2[nH]1. The van der Waals surface area contributed by atoms with E-state index in [-0.39, 0.29) is 5.56 Å². The van der Waals surface area contributed by atoms with Crippen molar-refractivity contribution in [3.63, 3.8) is 0 Å². The number of hydrogen-bond donors (Lipinski definition) is 1. The number of nitrogens with zero attached hydrogens (tertiary/aromatic N) is 3. The third kappa shape index (κ3) is 2.78. The lowest BCUT2D eigenvalue weighted by Gasteiger charge is -2.06. The molecule has 0 aliphatic rings. The molecule has 0 aromatic carbocycles. The van der Waals surface area contributed by atoms with Crippen LogP contribution < -0.4 is 5.56 Å². The van der Waals surface area contributed by atoms with E-state index in [1.807, 2.05) is 0 Å². The summed E-state index contributed by atoms with van der Waals surface area (Å²) in [7, 11) is 0. The fraction of sp³-hybridized carbons (Fsp3) is 0.615. The molecule has 0 radical (unpaired) electrons. The van der Waals surface area contributed by atoms with Crippen LogP contribution in [0.15, 0.2) is 17.1 Å². The van der Waals surface area contributed by atoms with Crippen molar-refractivity contribution in [3.8, 4) is 0 Å². The van der Waals surface area contributed by atoms with Crippen molar-refractivity contribution in [1.82, 2.24) is 19.6 Å². The second-order valence-corrected chi connectivity index (χ2v) is 4.78. The zero-order valence-electron chi connectivity index (χ0n) is 11.0. The molecule has 0 aliphatic carbocycles. The summed E-state index contributed by atoms with van der Waals surface area (Å²) in [5.74, 6) is 1.64. The normalized spacial score (nSPS) is 13.0. The summed E-state index contributed by atoms with van der Waals surface area (Å²) in [5.41, 5.74) is -0.114. The van der Waals surface area contributed by atoms with Gasteiger partial charge in [0, 0.05) is 18.2 Å². The van der Waals surface area contributed by atoms with Gasteiger partial charge in [-0.2, -0.15) is 9.50 Å². The molecule has 98 valence electrons. The lowest BCUT2D eigenvalue weighted by Crippen LogP contribution is -2.13. The molecule has 0 aliphatic heterocycles. The molecule has 0 spiro atoms. The van der Waals surface area contributed by atoms with E-state index in [9.17, 15) is 4.79 Å². The van der Waals surface area contributed by atoms with Gasteiger partial charge in [0.2, 0.25) is 0 Å². The molecule has 2 aromatic heterocycles. The molecule has 0 saturated carbocycles. The van der Waals surface area contributed by atoms with Crippen LogP contribution in [0.2, 0.25) is 0 Å². The quantitative estimate of drug-likeness (QED) is 0.799. The van der Waals surface area contributed by atoms with Gasteiger partial charge in [-0.25, -0.2) is 4.98 Å². The van der Waals surface area contributed by atoms with Crippen LogP contribution in [0.5, 0.6) is 0 Å². The van der Waals surface area contributed by atoms with Crippen molar-refractivity contribution in [2.24, 2.45) is 0 Å². The van der Waals surface area contributed by atoms with Gasteiger partial charge in [0.25, 0.3) is 11.3 Å². The van der Waals surface area contributed by atoms with E-state index in [1.165, 1.54) is 42.5 Å². The highest BCUT2D eigenvalue weighted by atomic mass is 16.1. The fourth-order valence-corrected chi connectivity index (χ4v) is 2.06. The van der Waals surface area contributed by atoms with Crippen LogP contribution in [0.3, 0.4) is 0 Å². The Morgan fingerprint density at radius 2 is 2.22 bits per heavy atom. The second-order valence-electron chi connectivity index (χ2n) is 4.78. The summed E-state index contributed by atoms with van der Waals surface area (Å²) in [6.07, 6.45) is 7.59. The topological polar surface area (TPSA) is 63.1 Å². The second kappa shape index (κ2) is 5.80. The Morgan fingerprint density at radius 3 is 2.94 bits per heavy atom. The summed E-state index contributed by atoms with van der Waals surface area (Å²) in [4.78, 5) is 20.0. The highest BCUT2D eigenvalue weighted by Crippen LogP contribution is 2.18. The Morgan fingerprint density at radius 1 is 1.39 bits per heavy atom. The number of nitrogens with one attached hydrogen (secondary N) is 1. The van der Waals surface area contributed by atoms with Gasteiger partial charge in [-0.15, -0.1) is 0 Å². The smallest absolute Gasteiger partial charge is 0.273 e. The minimum absolute atomic E-state index is 0.114. The minimum atomic E-state index is -0.114. The summed E-state index contributed by atoms with van der Waals surface area (Å²) in [6.45, 7) is 4.34. The van der Waals surface area contributed by atoms with Crippen LogP contribution in [0.4, 0.5) is 0 Å². The van der Waals surface area contributed by atoms with Gasteiger partial charge in [0.05, 0.1) is 0 Å². The van der Waals surface area contributed by atoms with Crippen LogP contribution in [-0.4, -0.2) is 19.6 Å². The summed E-state index contributed by atoms with van der Waals surface area (Å²) < 4.78 is 1.40. The Kier molecular flexibility index (Phi) is 4.12. The van der Waals surface area contributed by atoms with Gasteiger partial charge in [-0.3, -0.25) is 9.89 Å². The molecule has 18 heavy (non-hydrogen) atoms. The predicted octanol–water partition coefficient (Wildman–Crippen LogP) is 2.49. The molecule has 2 heterocycles. The van der Waals surface area contributed by atoms with Crippen molar-refractivity contribution in [2.45, 2.75) is 51.9 Å². The van der Waals surface area contributed by atoms with Crippen LogP contribution in [0.1, 0.15) is 57.7 Å². The molecule has 1 unspecified atom stereocenters. The zero-order valence-corrected chi connectivity index (χ0v) is 11.0. The standard InChI is InChI=1S/C13H20N4O/c1-3-4-5-6-7-10(2)12-15-13-14-9-8-11(18)17(13)16-12/h8-10H,3-7H2,1-2H3,(H,14,15,16). The van der Waals surface area contributed by atoms with E-state index in [0.717, 1.165) is 12.2 Å². The molecule has 5 nitrogen and oxygen atoms in total. The maximum absolute atomic E-state index is 11.6. The van der Waals surface area contributed by atoms with E-state index in [4.69, 9.17) is 0 Å². The van der Waals surface area contributed by atoms with Crippen LogP contribution >= 0.6 is 0 Å². The number of unbranched alkanes of at least 4 members (excludes halogenated alkanes) is 3. The molecule has 2 aromatic rings. The molecule has 1 N–H and O–H groups in total. The first-order chi connectivity index (χ1) is 8.72. The van der Waals surface area contributed by atoms with E-state index in [2.05, 4.69) is 28.9 Å². The van der Waals surface area contributed by atoms with Crippen molar-refractivity contribution in [2.75, 3.05) is 0 Å². The van der Waals surface area contributed by atoms with Gasteiger partial charge in [-0.05, 0) is 6.42 Å². The van der Waals surface area contributed by atoms with Crippen molar-refractivity contribution >= 4 is 5.78 Å². The molecule has 0 bridgehead atoms. The first-order valence-electron chi connectivity index (χ1n) is 6.66.